The van der Waals surface area contributed by atoms with Gasteiger partial charge in [0.2, 0.25) is 0 Å². The third-order valence-electron chi connectivity index (χ3n) is 3.46. The van der Waals surface area contributed by atoms with Crippen molar-refractivity contribution in [2.75, 3.05) is 30.9 Å². The summed E-state index contributed by atoms with van der Waals surface area (Å²) in [6.07, 6.45) is -0.740. The molecule has 2 atom stereocenters. The van der Waals surface area contributed by atoms with E-state index < -0.39 is 24.1 Å². The summed E-state index contributed by atoms with van der Waals surface area (Å²) in [5, 5.41) is 21.3. The second kappa shape index (κ2) is 6.01. The Kier molecular flexibility index (Phi) is 4.32. The first-order chi connectivity index (χ1) is 9.88. The van der Waals surface area contributed by atoms with Gasteiger partial charge in [-0.05, 0) is 24.3 Å². The maximum atomic E-state index is 12.1. The van der Waals surface area contributed by atoms with E-state index in [0.717, 1.165) is 10.6 Å². The molecule has 1 heterocycles. The minimum atomic E-state index is -1.11. The molecule has 2 amide bonds. The summed E-state index contributed by atoms with van der Waals surface area (Å²) < 4.78 is 0. The quantitative estimate of drug-likeness (QED) is 0.766. The normalized spacial score (nSPS) is 21.2. The summed E-state index contributed by atoms with van der Waals surface area (Å²) in [5.74, 6) is -1.11. The summed E-state index contributed by atoms with van der Waals surface area (Å²) in [7, 11) is 3.83. The Bertz CT molecular complexity index is 530. The Labute approximate surface area is 122 Å². The number of nitrogens with zero attached hydrogens (tertiary/aromatic N) is 2. The van der Waals surface area contributed by atoms with Crippen molar-refractivity contribution in [2.24, 2.45) is 0 Å². The van der Waals surface area contributed by atoms with Crippen LogP contribution in [0.3, 0.4) is 0 Å². The van der Waals surface area contributed by atoms with Crippen molar-refractivity contribution in [3.05, 3.63) is 24.3 Å². The number of rotatable bonds is 3. The number of β-amino-alcohol motifs (C(OH)–C–C–N with tert-alkyl or cyclic N) is 1. The van der Waals surface area contributed by atoms with Gasteiger partial charge in [0.15, 0.2) is 0 Å². The van der Waals surface area contributed by atoms with Crippen LogP contribution in [-0.4, -0.2) is 59.9 Å². The van der Waals surface area contributed by atoms with Crippen LogP contribution < -0.4 is 10.2 Å². The molecule has 2 rings (SSSR count). The molecule has 3 N–H and O–H groups in total. The predicted molar refractivity (Wildman–Crippen MR) is 78.5 cm³/mol. The van der Waals surface area contributed by atoms with Gasteiger partial charge in [-0.25, -0.2) is 9.59 Å². The molecule has 114 valence electrons. The minimum absolute atomic E-state index is 0.0264. The lowest BCUT2D eigenvalue weighted by molar-refractivity contribution is -0.141. The van der Waals surface area contributed by atoms with Crippen molar-refractivity contribution in [1.82, 2.24) is 4.90 Å². The van der Waals surface area contributed by atoms with E-state index >= 15 is 0 Å². The molecule has 7 heteroatoms. The highest BCUT2D eigenvalue weighted by Gasteiger charge is 2.38. The van der Waals surface area contributed by atoms with Gasteiger partial charge in [0.05, 0.1) is 6.10 Å². The fourth-order valence-electron chi connectivity index (χ4n) is 2.31. The number of nitrogens with one attached hydrogen (secondary N) is 1. The number of amides is 2. The Hall–Kier alpha value is -2.28. The second-order valence-corrected chi connectivity index (χ2v) is 5.27. The highest BCUT2D eigenvalue weighted by Crippen LogP contribution is 2.21. The van der Waals surface area contributed by atoms with Crippen LogP contribution in [0.2, 0.25) is 0 Å². The summed E-state index contributed by atoms with van der Waals surface area (Å²) in [4.78, 5) is 26.3. The molecular weight excluding hydrogens is 274 g/mol. The van der Waals surface area contributed by atoms with E-state index in [1.807, 2.05) is 31.1 Å². The van der Waals surface area contributed by atoms with Crippen LogP contribution in [0.1, 0.15) is 6.42 Å². The average molecular weight is 293 g/mol. The molecule has 0 bridgehead atoms. The summed E-state index contributed by atoms with van der Waals surface area (Å²) in [6.45, 7) is 0.0264. The predicted octanol–water partition coefficient (Wildman–Crippen LogP) is 0.804. The van der Waals surface area contributed by atoms with Gasteiger partial charge in [-0.15, -0.1) is 0 Å². The van der Waals surface area contributed by atoms with E-state index in [1.54, 1.807) is 12.1 Å². The number of anilines is 2. The van der Waals surface area contributed by atoms with Crippen molar-refractivity contribution < 1.29 is 19.8 Å². The first kappa shape index (κ1) is 15.1. The van der Waals surface area contributed by atoms with E-state index in [9.17, 15) is 14.7 Å². The smallest absolute Gasteiger partial charge is 0.326 e. The molecule has 1 aromatic carbocycles. The number of carbonyl (C=O) groups is 2. The monoisotopic (exact) mass is 293 g/mol. The molecule has 1 aliphatic rings. The summed E-state index contributed by atoms with van der Waals surface area (Å²) >= 11 is 0. The lowest BCUT2D eigenvalue weighted by Crippen LogP contribution is -2.43. The van der Waals surface area contributed by atoms with Crippen LogP contribution in [0.25, 0.3) is 0 Å². The van der Waals surface area contributed by atoms with Crippen LogP contribution in [0.5, 0.6) is 0 Å². The van der Waals surface area contributed by atoms with E-state index in [-0.39, 0.29) is 13.0 Å². The van der Waals surface area contributed by atoms with Gasteiger partial charge in [0.1, 0.15) is 6.04 Å². The van der Waals surface area contributed by atoms with E-state index in [0.29, 0.717) is 5.69 Å². The number of hydrogen-bond donors (Lipinski definition) is 3. The number of aliphatic hydroxyl groups is 1. The van der Waals surface area contributed by atoms with E-state index in [2.05, 4.69) is 5.32 Å². The van der Waals surface area contributed by atoms with Crippen LogP contribution in [-0.2, 0) is 4.79 Å². The number of likely N-dealkylation sites (tertiary alicyclic amines) is 1. The van der Waals surface area contributed by atoms with Gasteiger partial charge in [-0.3, -0.25) is 0 Å². The Morgan fingerprint density at radius 2 is 1.90 bits per heavy atom. The van der Waals surface area contributed by atoms with Crippen LogP contribution in [0, 0.1) is 0 Å². The molecule has 1 fully saturated rings. The van der Waals surface area contributed by atoms with E-state index in [4.69, 9.17) is 5.11 Å². The molecule has 0 radical (unpaired) electrons. The maximum absolute atomic E-state index is 12.1. The fraction of sp³-hybridized carbons (Fsp3) is 0.429. The molecule has 0 spiro atoms. The summed E-state index contributed by atoms with van der Waals surface area (Å²) in [5.41, 5.74) is 1.57. The zero-order valence-electron chi connectivity index (χ0n) is 12.0. The number of urea groups is 1. The lowest BCUT2D eigenvalue weighted by atomic mass is 10.2. The lowest BCUT2D eigenvalue weighted by Gasteiger charge is -2.21. The maximum Gasteiger partial charge on any atom is 0.326 e. The Morgan fingerprint density at radius 3 is 2.43 bits per heavy atom. The van der Waals surface area contributed by atoms with Gasteiger partial charge in [0, 0.05) is 38.4 Å². The topological polar surface area (TPSA) is 93.1 Å². The average Bonchev–Trinajstić information content (AvgIpc) is 2.82. The molecule has 21 heavy (non-hydrogen) atoms. The number of carbonyl (C=O) groups excluding carboxylic acids is 1. The van der Waals surface area contributed by atoms with E-state index in [1.165, 1.54) is 0 Å². The third-order valence-corrected chi connectivity index (χ3v) is 3.46. The molecular formula is C14H19N3O4. The van der Waals surface area contributed by atoms with Crippen molar-refractivity contribution in [3.63, 3.8) is 0 Å². The molecule has 0 aromatic heterocycles. The fourth-order valence-corrected chi connectivity index (χ4v) is 2.31. The molecule has 0 unspecified atom stereocenters. The minimum Gasteiger partial charge on any atom is -0.480 e. The zero-order valence-corrected chi connectivity index (χ0v) is 12.0. The Morgan fingerprint density at radius 1 is 1.29 bits per heavy atom. The van der Waals surface area contributed by atoms with Gasteiger partial charge in [0.25, 0.3) is 0 Å². The Balaban J connectivity index is 2.05. The first-order valence-electron chi connectivity index (χ1n) is 6.64. The van der Waals surface area contributed by atoms with Crippen molar-refractivity contribution >= 4 is 23.4 Å². The SMILES string of the molecule is CN(C)c1ccc(NC(=O)N2C[C@@H](O)C[C@H]2C(=O)O)cc1. The number of hydrogen-bond acceptors (Lipinski definition) is 4. The molecule has 7 nitrogen and oxygen atoms in total. The third kappa shape index (κ3) is 3.43. The van der Waals surface area contributed by atoms with Crippen molar-refractivity contribution in [3.8, 4) is 0 Å². The van der Waals surface area contributed by atoms with Gasteiger partial charge < -0.3 is 25.3 Å². The molecule has 1 saturated heterocycles. The summed E-state index contributed by atoms with van der Waals surface area (Å²) in [6, 6.07) is 5.69. The van der Waals surface area contributed by atoms with Gasteiger partial charge >= 0.3 is 12.0 Å². The van der Waals surface area contributed by atoms with Crippen LogP contribution in [0.4, 0.5) is 16.2 Å². The number of aliphatic carboxylic acids is 1. The van der Waals surface area contributed by atoms with Gasteiger partial charge in [-0.2, -0.15) is 0 Å². The van der Waals surface area contributed by atoms with Crippen LogP contribution >= 0.6 is 0 Å². The molecule has 0 saturated carbocycles. The van der Waals surface area contributed by atoms with Gasteiger partial charge in [-0.1, -0.05) is 0 Å². The number of benzene rings is 1. The molecule has 1 aromatic rings. The number of carboxylic acid groups (broad SMARTS) is 1. The largest absolute Gasteiger partial charge is 0.480 e. The first-order valence-corrected chi connectivity index (χ1v) is 6.64. The highest BCUT2D eigenvalue weighted by molar-refractivity contribution is 5.93. The van der Waals surface area contributed by atoms with Crippen molar-refractivity contribution in [2.45, 2.75) is 18.6 Å². The number of aliphatic hydroxyl groups excluding tert-OH is 1. The molecule has 1 aliphatic heterocycles. The zero-order chi connectivity index (χ0) is 15.6. The molecule has 0 aliphatic carbocycles. The number of carboxylic acids is 1. The standard InChI is InChI=1S/C14H19N3O4/c1-16(2)10-5-3-9(4-6-10)15-14(21)17-8-11(18)7-12(17)13(19)20/h3-6,11-12,18H,7-8H2,1-2H3,(H,15,21)(H,19,20)/t11-,12-/m0/s1. The van der Waals surface area contributed by atoms with Crippen LogP contribution in [0.15, 0.2) is 24.3 Å². The highest BCUT2D eigenvalue weighted by atomic mass is 16.4. The second-order valence-electron chi connectivity index (χ2n) is 5.27. The van der Waals surface area contributed by atoms with Crippen molar-refractivity contribution in [1.29, 1.82) is 0 Å².